The first kappa shape index (κ1) is 18.5. The molecule has 6 heteroatoms. The average molecular weight is 335 g/mol. The third kappa shape index (κ3) is 4.61. The highest BCUT2D eigenvalue weighted by Gasteiger charge is 2.26. The molecular formula is C18H29N3O3. The normalized spacial score (nSPS) is 18.1. The molecule has 6 nitrogen and oxygen atoms in total. The van der Waals surface area contributed by atoms with Crippen LogP contribution in [0.4, 0.5) is 0 Å². The molecule has 1 fully saturated rings. The molecule has 2 atom stereocenters. The van der Waals surface area contributed by atoms with Crippen LogP contribution in [0, 0.1) is 5.92 Å². The summed E-state index contributed by atoms with van der Waals surface area (Å²) >= 11 is 0. The standard InChI is InChI=1S/C18H29N3O3/c1-13(14(2)19)18(22)21-7-5-20(6-8-21)12-15-9-16(23-3)11-17(10-15)24-4/h9-11,13-14H,5-8,12,19H2,1-4H3. The zero-order chi connectivity index (χ0) is 17.7. The van der Waals surface area contributed by atoms with Crippen molar-refractivity contribution in [3.63, 3.8) is 0 Å². The van der Waals surface area contributed by atoms with Crippen molar-refractivity contribution in [1.29, 1.82) is 0 Å². The van der Waals surface area contributed by atoms with E-state index in [4.69, 9.17) is 15.2 Å². The van der Waals surface area contributed by atoms with E-state index in [2.05, 4.69) is 4.90 Å². The molecule has 0 aromatic heterocycles. The molecule has 2 N–H and O–H groups in total. The maximum atomic E-state index is 12.4. The lowest BCUT2D eigenvalue weighted by Crippen LogP contribution is -2.51. The zero-order valence-electron chi connectivity index (χ0n) is 15.1. The quantitative estimate of drug-likeness (QED) is 0.849. The van der Waals surface area contributed by atoms with Crippen molar-refractivity contribution >= 4 is 5.91 Å². The lowest BCUT2D eigenvalue weighted by molar-refractivity contribution is -0.137. The maximum absolute atomic E-state index is 12.4. The van der Waals surface area contributed by atoms with Crippen LogP contribution in [-0.4, -0.2) is 62.1 Å². The molecule has 1 saturated heterocycles. The first-order valence-electron chi connectivity index (χ1n) is 8.43. The van der Waals surface area contributed by atoms with Gasteiger partial charge in [0.05, 0.1) is 20.1 Å². The van der Waals surface area contributed by atoms with E-state index in [1.54, 1.807) is 14.2 Å². The van der Waals surface area contributed by atoms with Gasteiger partial charge in [0, 0.05) is 44.8 Å². The Labute approximate surface area is 144 Å². The minimum absolute atomic E-state index is 0.111. The third-order valence-corrected chi connectivity index (χ3v) is 4.68. The van der Waals surface area contributed by atoms with E-state index in [-0.39, 0.29) is 17.9 Å². The number of hydrogen-bond acceptors (Lipinski definition) is 5. The molecule has 134 valence electrons. The van der Waals surface area contributed by atoms with Crippen LogP contribution in [0.25, 0.3) is 0 Å². The second kappa shape index (κ2) is 8.35. The van der Waals surface area contributed by atoms with E-state index in [9.17, 15) is 4.79 Å². The Morgan fingerprint density at radius 3 is 2.08 bits per heavy atom. The number of rotatable bonds is 6. The molecule has 1 aromatic rings. The molecule has 1 aliphatic heterocycles. The fraction of sp³-hybridized carbons (Fsp3) is 0.611. The van der Waals surface area contributed by atoms with Gasteiger partial charge in [0.2, 0.25) is 5.91 Å². The van der Waals surface area contributed by atoms with E-state index in [0.717, 1.165) is 49.8 Å². The van der Waals surface area contributed by atoms with Crippen LogP contribution in [0.5, 0.6) is 11.5 Å². The maximum Gasteiger partial charge on any atom is 0.227 e. The second-order valence-electron chi connectivity index (χ2n) is 6.47. The lowest BCUT2D eigenvalue weighted by Gasteiger charge is -2.36. The summed E-state index contributed by atoms with van der Waals surface area (Å²) < 4.78 is 10.6. The van der Waals surface area contributed by atoms with E-state index in [0.29, 0.717) is 0 Å². The molecule has 0 saturated carbocycles. The summed E-state index contributed by atoms with van der Waals surface area (Å²) in [5.41, 5.74) is 6.99. The molecule has 24 heavy (non-hydrogen) atoms. The first-order valence-corrected chi connectivity index (χ1v) is 8.43. The van der Waals surface area contributed by atoms with Crippen LogP contribution in [-0.2, 0) is 11.3 Å². The topological polar surface area (TPSA) is 68.0 Å². The average Bonchev–Trinajstić information content (AvgIpc) is 2.60. The molecule has 0 aliphatic carbocycles. The van der Waals surface area contributed by atoms with E-state index in [1.807, 2.05) is 36.9 Å². The van der Waals surface area contributed by atoms with Crippen molar-refractivity contribution in [3.05, 3.63) is 23.8 Å². The Kier molecular flexibility index (Phi) is 6.45. The van der Waals surface area contributed by atoms with Gasteiger partial charge in [-0.05, 0) is 24.6 Å². The summed E-state index contributed by atoms with van der Waals surface area (Å²) in [5.74, 6) is 1.62. The van der Waals surface area contributed by atoms with Crippen LogP contribution in [0.15, 0.2) is 18.2 Å². The first-order chi connectivity index (χ1) is 11.4. The summed E-state index contributed by atoms with van der Waals surface area (Å²) in [6.07, 6.45) is 0. The number of benzene rings is 1. The number of carbonyl (C=O) groups excluding carboxylic acids is 1. The second-order valence-corrected chi connectivity index (χ2v) is 6.47. The molecule has 1 aliphatic rings. The van der Waals surface area contributed by atoms with Crippen LogP contribution in [0.3, 0.4) is 0 Å². The number of carbonyl (C=O) groups is 1. The highest BCUT2D eigenvalue weighted by molar-refractivity contribution is 5.79. The predicted octanol–water partition coefficient (Wildman–Crippen LogP) is 1.33. The summed E-state index contributed by atoms with van der Waals surface area (Å²) in [7, 11) is 3.31. The minimum atomic E-state index is -0.126. The van der Waals surface area contributed by atoms with Gasteiger partial charge in [0.15, 0.2) is 0 Å². The molecule has 0 radical (unpaired) electrons. The van der Waals surface area contributed by atoms with E-state index in [1.165, 1.54) is 0 Å². The van der Waals surface area contributed by atoms with Crippen molar-refractivity contribution in [2.24, 2.45) is 11.7 Å². The summed E-state index contributed by atoms with van der Waals surface area (Å²) in [4.78, 5) is 16.6. The number of nitrogens with zero attached hydrogens (tertiary/aromatic N) is 2. The Bertz CT molecular complexity index is 532. The molecule has 0 bridgehead atoms. The third-order valence-electron chi connectivity index (χ3n) is 4.68. The van der Waals surface area contributed by atoms with Crippen molar-refractivity contribution in [2.75, 3.05) is 40.4 Å². The fourth-order valence-electron chi connectivity index (χ4n) is 2.86. The SMILES string of the molecule is COc1cc(CN2CCN(C(=O)C(C)C(C)N)CC2)cc(OC)c1. The van der Waals surface area contributed by atoms with Gasteiger partial charge in [-0.2, -0.15) is 0 Å². The number of piperazine rings is 1. The number of amides is 1. The van der Waals surface area contributed by atoms with Gasteiger partial charge in [-0.1, -0.05) is 6.92 Å². The zero-order valence-corrected chi connectivity index (χ0v) is 15.1. The Hall–Kier alpha value is -1.79. The van der Waals surface area contributed by atoms with Crippen molar-refractivity contribution in [2.45, 2.75) is 26.4 Å². The number of methoxy groups -OCH3 is 2. The van der Waals surface area contributed by atoms with E-state index < -0.39 is 0 Å². The number of nitrogens with two attached hydrogens (primary N) is 1. The van der Waals surface area contributed by atoms with Gasteiger partial charge in [-0.3, -0.25) is 9.69 Å². The molecule has 0 spiro atoms. The Balaban J connectivity index is 1.92. The van der Waals surface area contributed by atoms with Crippen LogP contribution < -0.4 is 15.2 Å². The highest BCUT2D eigenvalue weighted by Crippen LogP contribution is 2.23. The lowest BCUT2D eigenvalue weighted by atomic mass is 10.0. The van der Waals surface area contributed by atoms with Crippen molar-refractivity contribution in [1.82, 2.24) is 9.80 Å². The number of hydrogen-bond donors (Lipinski definition) is 1. The monoisotopic (exact) mass is 335 g/mol. The Morgan fingerprint density at radius 1 is 1.08 bits per heavy atom. The van der Waals surface area contributed by atoms with Gasteiger partial charge in [-0.25, -0.2) is 0 Å². The van der Waals surface area contributed by atoms with Gasteiger partial charge in [0.1, 0.15) is 11.5 Å². The van der Waals surface area contributed by atoms with Crippen LogP contribution in [0.1, 0.15) is 19.4 Å². The van der Waals surface area contributed by atoms with Crippen LogP contribution >= 0.6 is 0 Å². The minimum Gasteiger partial charge on any atom is -0.497 e. The van der Waals surface area contributed by atoms with Crippen LogP contribution in [0.2, 0.25) is 0 Å². The molecule has 2 rings (SSSR count). The van der Waals surface area contributed by atoms with Gasteiger partial charge in [0.25, 0.3) is 0 Å². The van der Waals surface area contributed by atoms with Crippen molar-refractivity contribution in [3.8, 4) is 11.5 Å². The van der Waals surface area contributed by atoms with Gasteiger partial charge >= 0.3 is 0 Å². The van der Waals surface area contributed by atoms with Gasteiger partial charge in [-0.15, -0.1) is 0 Å². The van der Waals surface area contributed by atoms with Gasteiger partial charge < -0.3 is 20.1 Å². The summed E-state index contributed by atoms with van der Waals surface area (Å²) in [5, 5.41) is 0. The van der Waals surface area contributed by atoms with E-state index >= 15 is 0 Å². The fourth-order valence-corrected chi connectivity index (χ4v) is 2.86. The molecule has 1 amide bonds. The molecule has 1 aromatic carbocycles. The summed E-state index contributed by atoms with van der Waals surface area (Å²) in [6, 6.07) is 5.81. The van der Waals surface area contributed by atoms with Crippen molar-refractivity contribution < 1.29 is 14.3 Å². The number of ether oxygens (including phenoxy) is 2. The highest BCUT2D eigenvalue weighted by atomic mass is 16.5. The summed E-state index contributed by atoms with van der Waals surface area (Å²) in [6.45, 7) is 7.82. The molecule has 1 heterocycles. The predicted molar refractivity (Wildman–Crippen MR) is 94.2 cm³/mol. The Morgan fingerprint density at radius 2 is 1.62 bits per heavy atom. The smallest absolute Gasteiger partial charge is 0.227 e. The largest absolute Gasteiger partial charge is 0.497 e. The molecule has 2 unspecified atom stereocenters. The molecular weight excluding hydrogens is 306 g/mol.